The van der Waals surface area contributed by atoms with Gasteiger partial charge in [-0.25, -0.2) is 0 Å². The highest BCUT2D eigenvalue weighted by Crippen LogP contribution is 2.49. The van der Waals surface area contributed by atoms with Crippen LogP contribution < -0.4 is 0 Å². The average Bonchev–Trinajstić information content (AvgIpc) is 2.59. The van der Waals surface area contributed by atoms with Crippen LogP contribution in [-0.4, -0.2) is 35.8 Å². The van der Waals surface area contributed by atoms with Crippen LogP contribution in [0.25, 0.3) is 6.08 Å². The summed E-state index contributed by atoms with van der Waals surface area (Å²) < 4.78 is 0.829. The molecule has 0 bridgehead atoms. The van der Waals surface area contributed by atoms with Crippen LogP contribution in [0.3, 0.4) is 0 Å². The molecule has 1 aliphatic heterocycles. The van der Waals surface area contributed by atoms with Crippen LogP contribution in [0.15, 0.2) is 36.0 Å². The average molecular weight is 258 g/mol. The summed E-state index contributed by atoms with van der Waals surface area (Å²) in [6, 6.07) is 10.4. The van der Waals surface area contributed by atoms with E-state index in [-0.39, 0.29) is 0 Å². The summed E-state index contributed by atoms with van der Waals surface area (Å²) >= 11 is 0. The number of likely N-dealkylation sites (N-methyl/N-ethyl adjacent to an activating group) is 1. The molecule has 0 unspecified atom stereocenters. The zero-order valence-corrected chi connectivity index (χ0v) is 12.0. The molecule has 2 atom stereocenters. The van der Waals surface area contributed by atoms with E-state index in [0.717, 1.165) is 23.9 Å². The number of aliphatic hydroxyl groups is 1. The number of hydrogen-bond acceptors (Lipinski definition) is 1. The lowest BCUT2D eigenvalue weighted by molar-refractivity contribution is -0.845. The van der Waals surface area contributed by atoms with Gasteiger partial charge in [0.1, 0.15) is 11.3 Å². The van der Waals surface area contributed by atoms with Gasteiger partial charge in [-0.15, -0.1) is 0 Å². The molecular weight excluding hydrogens is 234 g/mol. The number of benzene rings is 1. The van der Waals surface area contributed by atoms with Crippen molar-refractivity contribution in [3.63, 3.8) is 0 Å². The molecule has 1 heterocycles. The summed E-state index contributed by atoms with van der Waals surface area (Å²) in [6.07, 6.45) is 6.73. The summed E-state index contributed by atoms with van der Waals surface area (Å²) in [5.74, 6) is 0.436. The Hall–Kier alpha value is -1.12. The first-order valence-corrected chi connectivity index (χ1v) is 7.35. The van der Waals surface area contributed by atoms with E-state index in [0.29, 0.717) is 5.92 Å². The smallest absolute Gasteiger partial charge is 0.146 e. The second-order valence-corrected chi connectivity index (χ2v) is 6.67. The molecule has 1 saturated heterocycles. The number of fused-ring (bicyclic) bond motifs is 1. The molecule has 2 nitrogen and oxygen atoms in total. The molecule has 102 valence electrons. The third-order valence-electron chi connectivity index (χ3n) is 4.91. The van der Waals surface area contributed by atoms with Gasteiger partial charge in [0.05, 0.1) is 20.6 Å². The number of nitrogens with zero attached hydrogens (tertiary/aromatic N) is 1. The fraction of sp³-hybridized carbons (Fsp3) is 0.529. The van der Waals surface area contributed by atoms with E-state index in [1.807, 2.05) is 6.07 Å². The molecule has 19 heavy (non-hydrogen) atoms. The van der Waals surface area contributed by atoms with Gasteiger partial charge in [0.15, 0.2) is 0 Å². The summed E-state index contributed by atoms with van der Waals surface area (Å²) in [5.41, 5.74) is 1.82. The maximum Gasteiger partial charge on any atom is 0.146 e. The van der Waals surface area contributed by atoms with Gasteiger partial charge in [-0.2, -0.15) is 0 Å². The fourth-order valence-corrected chi connectivity index (χ4v) is 3.99. The van der Waals surface area contributed by atoms with Crippen molar-refractivity contribution in [2.24, 2.45) is 5.92 Å². The fourth-order valence-electron chi connectivity index (χ4n) is 3.99. The minimum Gasteiger partial charge on any atom is -0.379 e. The third-order valence-corrected chi connectivity index (χ3v) is 4.91. The van der Waals surface area contributed by atoms with Crippen LogP contribution in [0.4, 0.5) is 0 Å². The van der Waals surface area contributed by atoms with Crippen LogP contribution in [0, 0.1) is 5.92 Å². The quantitative estimate of drug-likeness (QED) is 0.768. The van der Waals surface area contributed by atoms with E-state index in [9.17, 15) is 5.11 Å². The predicted octanol–water partition coefficient (Wildman–Crippen LogP) is 3.04. The van der Waals surface area contributed by atoms with Crippen molar-refractivity contribution >= 4 is 6.08 Å². The second kappa shape index (κ2) is 4.46. The maximum atomic E-state index is 11.2. The standard InChI is InChI=1S/C17H24NO/c1-18(2)13-15-10-6-7-11-17(15,19)16(18)12-14-8-4-3-5-9-14/h3-5,8-9,12,15,19H,6-7,10-11,13H2,1-2H3/q+1/b16-12+/t15-,17-/m1/s1. The zero-order chi connectivity index (χ0) is 13.5. The molecule has 2 aliphatic rings. The monoisotopic (exact) mass is 258 g/mol. The van der Waals surface area contributed by atoms with Crippen molar-refractivity contribution in [3.8, 4) is 0 Å². The third kappa shape index (κ3) is 2.13. The lowest BCUT2D eigenvalue weighted by Gasteiger charge is -2.33. The Labute approximate surface area is 116 Å². The second-order valence-electron chi connectivity index (χ2n) is 6.67. The number of rotatable bonds is 1. The van der Waals surface area contributed by atoms with E-state index in [2.05, 4.69) is 44.4 Å². The lowest BCUT2D eigenvalue weighted by atomic mass is 9.76. The zero-order valence-electron chi connectivity index (χ0n) is 12.0. The molecule has 0 radical (unpaired) electrons. The molecule has 0 amide bonds. The minimum atomic E-state index is -0.572. The van der Waals surface area contributed by atoms with Crippen molar-refractivity contribution in [2.75, 3.05) is 20.6 Å². The highest BCUT2D eigenvalue weighted by atomic mass is 16.3. The SMILES string of the molecule is C[N+]1(C)C[C@H]2CCCC[C@]2(O)/C1=C\c1ccccc1. The molecule has 1 aromatic carbocycles. The highest BCUT2D eigenvalue weighted by molar-refractivity contribution is 5.54. The molecular formula is C17H24NO+. The van der Waals surface area contributed by atoms with Gasteiger partial charge < -0.3 is 5.11 Å². The Morgan fingerprint density at radius 1 is 1.21 bits per heavy atom. The predicted molar refractivity (Wildman–Crippen MR) is 78.3 cm³/mol. The van der Waals surface area contributed by atoms with Gasteiger partial charge in [0.25, 0.3) is 0 Å². The summed E-state index contributed by atoms with van der Waals surface area (Å²) in [7, 11) is 4.45. The Morgan fingerprint density at radius 2 is 1.95 bits per heavy atom. The molecule has 0 spiro atoms. The molecule has 0 aromatic heterocycles. The molecule has 1 aromatic rings. The van der Waals surface area contributed by atoms with Crippen LogP contribution >= 0.6 is 0 Å². The largest absolute Gasteiger partial charge is 0.379 e. The molecule has 2 heteroatoms. The van der Waals surface area contributed by atoms with Gasteiger partial charge in [-0.3, -0.25) is 4.48 Å². The maximum absolute atomic E-state index is 11.2. The van der Waals surface area contributed by atoms with Crippen LogP contribution in [0.2, 0.25) is 0 Å². The topological polar surface area (TPSA) is 20.2 Å². The van der Waals surface area contributed by atoms with E-state index >= 15 is 0 Å². The van der Waals surface area contributed by atoms with Gasteiger partial charge in [0.2, 0.25) is 0 Å². The minimum absolute atomic E-state index is 0.436. The molecule has 1 N–H and O–H groups in total. The van der Waals surface area contributed by atoms with Gasteiger partial charge >= 0.3 is 0 Å². The van der Waals surface area contributed by atoms with Crippen molar-refractivity contribution in [2.45, 2.75) is 31.3 Å². The van der Waals surface area contributed by atoms with E-state index in [4.69, 9.17) is 0 Å². The number of quaternary nitrogens is 1. The van der Waals surface area contributed by atoms with Gasteiger partial charge in [0, 0.05) is 12.0 Å². The molecule has 1 aliphatic carbocycles. The van der Waals surface area contributed by atoms with Crippen molar-refractivity contribution < 1.29 is 9.59 Å². The lowest BCUT2D eigenvalue weighted by Crippen LogP contribution is -2.41. The van der Waals surface area contributed by atoms with Crippen LogP contribution in [0.1, 0.15) is 31.2 Å². The van der Waals surface area contributed by atoms with E-state index in [1.54, 1.807) is 0 Å². The summed E-state index contributed by atoms with van der Waals surface area (Å²) in [4.78, 5) is 0. The van der Waals surface area contributed by atoms with E-state index < -0.39 is 5.60 Å². The Bertz CT molecular complexity index is 491. The molecule has 2 fully saturated rings. The first-order valence-electron chi connectivity index (χ1n) is 7.35. The van der Waals surface area contributed by atoms with Crippen molar-refractivity contribution in [1.29, 1.82) is 0 Å². The Balaban J connectivity index is 2.04. The van der Waals surface area contributed by atoms with Gasteiger partial charge in [-0.05, 0) is 24.8 Å². The summed E-state index contributed by atoms with van der Waals surface area (Å²) in [5, 5.41) is 11.2. The first-order chi connectivity index (χ1) is 9.02. The normalized spacial score (nSPS) is 35.3. The van der Waals surface area contributed by atoms with Gasteiger partial charge in [-0.1, -0.05) is 36.8 Å². The molecule has 1 saturated carbocycles. The highest BCUT2D eigenvalue weighted by Gasteiger charge is 2.56. The molecule has 3 rings (SSSR count). The Kier molecular flexibility index (Phi) is 3.03. The van der Waals surface area contributed by atoms with Crippen molar-refractivity contribution in [3.05, 3.63) is 41.6 Å². The number of likely N-dealkylation sites (tertiary alicyclic amines) is 1. The van der Waals surface area contributed by atoms with E-state index in [1.165, 1.54) is 24.1 Å². The Morgan fingerprint density at radius 3 is 2.68 bits per heavy atom. The van der Waals surface area contributed by atoms with Crippen LogP contribution in [0.5, 0.6) is 0 Å². The van der Waals surface area contributed by atoms with Crippen LogP contribution in [-0.2, 0) is 0 Å². The van der Waals surface area contributed by atoms with Crippen molar-refractivity contribution in [1.82, 2.24) is 0 Å². The summed E-state index contributed by atoms with van der Waals surface area (Å²) in [6.45, 7) is 1.06. The number of hydrogen-bond donors (Lipinski definition) is 1. The first kappa shape index (κ1) is 12.9.